The molecule has 114 valence electrons. The van der Waals surface area contributed by atoms with Crippen LogP contribution in [0.4, 0.5) is 0 Å². The minimum Gasteiger partial charge on any atom is -0.485 e. The van der Waals surface area contributed by atoms with Gasteiger partial charge in [0.05, 0.1) is 0 Å². The highest BCUT2D eigenvalue weighted by Crippen LogP contribution is 2.46. The van der Waals surface area contributed by atoms with Crippen LogP contribution in [0.15, 0.2) is 42.5 Å². The van der Waals surface area contributed by atoms with Crippen molar-refractivity contribution in [3.8, 4) is 23.0 Å². The number of carbonyl (C=O) groups is 1. The van der Waals surface area contributed by atoms with E-state index in [9.17, 15) is 4.79 Å². The number of benzene rings is 2. The molecular weight excluding hydrogens is 284 g/mol. The van der Waals surface area contributed by atoms with Gasteiger partial charge in [0, 0.05) is 6.92 Å². The van der Waals surface area contributed by atoms with E-state index in [4.69, 9.17) is 18.9 Å². The van der Waals surface area contributed by atoms with Crippen LogP contribution in [0, 0.1) is 0 Å². The van der Waals surface area contributed by atoms with Crippen LogP contribution in [-0.2, 0) is 11.4 Å². The van der Waals surface area contributed by atoms with Gasteiger partial charge in [0.15, 0.2) is 11.5 Å². The first-order valence-electron chi connectivity index (χ1n) is 7.02. The molecule has 0 atom stereocenters. The first-order chi connectivity index (χ1) is 10.7. The maximum atomic E-state index is 11.1. The Morgan fingerprint density at radius 2 is 1.64 bits per heavy atom. The van der Waals surface area contributed by atoms with Gasteiger partial charge in [-0.05, 0) is 17.7 Å². The third-order valence-corrected chi connectivity index (χ3v) is 3.11. The molecule has 22 heavy (non-hydrogen) atoms. The maximum absolute atomic E-state index is 11.1. The highest BCUT2D eigenvalue weighted by Gasteiger charge is 2.23. The number of hydrogen-bond acceptors (Lipinski definition) is 5. The lowest BCUT2D eigenvalue weighted by Crippen LogP contribution is -2.17. The Balaban J connectivity index is 1.84. The van der Waals surface area contributed by atoms with E-state index in [1.807, 2.05) is 30.3 Å². The molecular formula is C17H16O5. The molecule has 0 fully saturated rings. The number of hydrogen-bond donors (Lipinski definition) is 0. The average Bonchev–Trinajstić information content (AvgIpc) is 2.55. The van der Waals surface area contributed by atoms with E-state index in [1.165, 1.54) is 6.92 Å². The van der Waals surface area contributed by atoms with Crippen molar-refractivity contribution in [2.45, 2.75) is 13.5 Å². The maximum Gasteiger partial charge on any atom is 0.308 e. The second-order valence-electron chi connectivity index (χ2n) is 4.78. The predicted octanol–water partition coefficient (Wildman–Crippen LogP) is 2.96. The molecule has 3 rings (SSSR count). The molecule has 0 unspecified atom stereocenters. The van der Waals surface area contributed by atoms with Crippen molar-refractivity contribution in [3.63, 3.8) is 0 Å². The molecule has 0 radical (unpaired) electrons. The second-order valence-corrected chi connectivity index (χ2v) is 4.78. The normalized spacial score (nSPS) is 12.6. The molecule has 0 saturated heterocycles. The first-order valence-corrected chi connectivity index (χ1v) is 7.02. The molecule has 1 aliphatic heterocycles. The van der Waals surface area contributed by atoms with Gasteiger partial charge >= 0.3 is 5.97 Å². The summed E-state index contributed by atoms with van der Waals surface area (Å²) in [6, 6.07) is 13.2. The van der Waals surface area contributed by atoms with Crippen LogP contribution >= 0.6 is 0 Å². The van der Waals surface area contributed by atoms with Crippen molar-refractivity contribution in [2.75, 3.05) is 13.2 Å². The third kappa shape index (κ3) is 3.14. The van der Waals surface area contributed by atoms with Crippen LogP contribution in [0.3, 0.4) is 0 Å². The summed E-state index contributed by atoms with van der Waals surface area (Å²) in [7, 11) is 0. The zero-order valence-electron chi connectivity index (χ0n) is 12.2. The Kier molecular flexibility index (Phi) is 4.14. The molecule has 2 aromatic carbocycles. The molecule has 2 aromatic rings. The van der Waals surface area contributed by atoms with Gasteiger partial charge in [0.1, 0.15) is 19.8 Å². The van der Waals surface area contributed by atoms with Gasteiger partial charge in [0.25, 0.3) is 0 Å². The highest BCUT2D eigenvalue weighted by atomic mass is 16.6. The molecule has 0 N–H and O–H groups in total. The van der Waals surface area contributed by atoms with Crippen LogP contribution in [0.2, 0.25) is 0 Å². The molecule has 0 aliphatic carbocycles. The van der Waals surface area contributed by atoms with E-state index in [-0.39, 0.29) is 0 Å². The van der Waals surface area contributed by atoms with Crippen LogP contribution < -0.4 is 18.9 Å². The van der Waals surface area contributed by atoms with Gasteiger partial charge in [0.2, 0.25) is 11.5 Å². The van der Waals surface area contributed by atoms with Crippen molar-refractivity contribution in [2.24, 2.45) is 0 Å². The summed E-state index contributed by atoms with van der Waals surface area (Å²) in [5, 5.41) is 0. The number of esters is 1. The number of carbonyl (C=O) groups excluding carboxylic acids is 1. The summed E-state index contributed by atoms with van der Waals surface area (Å²) in [5.74, 6) is 1.38. The van der Waals surface area contributed by atoms with Gasteiger partial charge < -0.3 is 18.9 Å². The minimum atomic E-state index is -0.408. The summed E-state index contributed by atoms with van der Waals surface area (Å²) in [6.45, 7) is 2.60. The van der Waals surface area contributed by atoms with Gasteiger partial charge in [-0.15, -0.1) is 0 Å². The predicted molar refractivity (Wildman–Crippen MR) is 79.5 cm³/mol. The highest BCUT2D eigenvalue weighted by molar-refractivity contribution is 5.72. The standard InChI is InChI=1S/C17H16O5/c1-12(18)22-15-8-7-14(16-17(15)20-10-9-19-16)21-11-13-5-3-2-4-6-13/h2-8H,9-11H2,1H3. The van der Waals surface area contributed by atoms with Gasteiger partial charge in [-0.2, -0.15) is 0 Å². The largest absolute Gasteiger partial charge is 0.485 e. The topological polar surface area (TPSA) is 54.0 Å². The van der Waals surface area contributed by atoms with Crippen molar-refractivity contribution < 1.29 is 23.7 Å². The van der Waals surface area contributed by atoms with Crippen LogP contribution in [-0.4, -0.2) is 19.2 Å². The molecule has 1 aliphatic rings. The zero-order chi connectivity index (χ0) is 15.4. The summed E-state index contributed by atoms with van der Waals surface area (Å²) in [4.78, 5) is 11.1. The number of rotatable bonds is 4. The Morgan fingerprint density at radius 1 is 1.00 bits per heavy atom. The van der Waals surface area contributed by atoms with Gasteiger partial charge in [-0.1, -0.05) is 30.3 Å². The fraction of sp³-hybridized carbons (Fsp3) is 0.235. The molecule has 5 heteroatoms. The molecule has 0 bridgehead atoms. The van der Waals surface area contributed by atoms with E-state index in [1.54, 1.807) is 12.1 Å². The molecule has 0 aromatic heterocycles. The van der Waals surface area contributed by atoms with Crippen LogP contribution in [0.5, 0.6) is 23.0 Å². The molecule has 0 amide bonds. The molecule has 1 heterocycles. The Labute approximate surface area is 128 Å². The lowest BCUT2D eigenvalue weighted by Gasteiger charge is -2.22. The van der Waals surface area contributed by atoms with E-state index in [2.05, 4.69) is 0 Å². The molecule has 0 saturated carbocycles. The summed E-state index contributed by atoms with van der Waals surface area (Å²) >= 11 is 0. The van der Waals surface area contributed by atoms with E-state index >= 15 is 0 Å². The van der Waals surface area contributed by atoms with Crippen LogP contribution in [0.25, 0.3) is 0 Å². The van der Waals surface area contributed by atoms with E-state index in [0.29, 0.717) is 42.8 Å². The smallest absolute Gasteiger partial charge is 0.308 e. The second kappa shape index (κ2) is 6.39. The van der Waals surface area contributed by atoms with Gasteiger partial charge in [-0.25, -0.2) is 0 Å². The quantitative estimate of drug-likeness (QED) is 0.642. The lowest BCUT2D eigenvalue weighted by molar-refractivity contribution is -0.132. The number of ether oxygens (including phenoxy) is 4. The van der Waals surface area contributed by atoms with Crippen molar-refractivity contribution in [1.29, 1.82) is 0 Å². The van der Waals surface area contributed by atoms with Gasteiger partial charge in [-0.3, -0.25) is 4.79 Å². The van der Waals surface area contributed by atoms with Crippen molar-refractivity contribution in [1.82, 2.24) is 0 Å². The first kappa shape index (κ1) is 14.3. The molecule has 5 nitrogen and oxygen atoms in total. The van der Waals surface area contributed by atoms with Crippen molar-refractivity contribution >= 4 is 5.97 Å². The SMILES string of the molecule is CC(=O)Oc1ccc(OCc2ccccc2)c2c1OCCO2. The average molecular weight is 300 g/mol. The Hall–Kier alpha value is -2.69. The Bertz CT molecular complexity index is 666. The van der Waals surface area contributed by atoms with E-state index < -0.39 is 5.97 Å². The summed E-state index contributed by atoms with van der Waals surface area (Å²) in [5.41, 5.74) is 1.05. The Morgan fingerprint density at radius 3 is 2.32 bits per heavy atom. The fourth-order valence-corrected chi connectivity index (χ4v) is 2.17. The van der Waals surface area contributed by atoms with E-state index in [0.717, 1.165) is 5.56 Å². The summed E-state index contributed by atoms with van der Waals surface area (Å²) in [6.07, 6.45) is 0. The summed E-state index contributed by atoms with van der Waals surface area (Å²) < 4.78 is 22.1. The third-order valence-electron chi connectivity index (χ3n) is 3.11. The lowest BCUT2D eigenvalue weighted by atomic mass is 10.2. The zero-order valence-corrected chi connectivity index (χ0v) is 12.2. The fourth-order valence-electron chi connectivity index (χ4n) is 2.17. The van der Waals surface area contributed by atoms with Crippen molar-refractivity contribution in [3.05, 3.63) is 48.0 Å². The molecule has 0 spiro atoms. The minimum absolute atomic E-state index is 0.342. The monoisotopic (exact) mass is 300 g/mol. The number of fused-ring (bicyclic) bond motifs is 1. The van der Waals surface area contributed by atoms with Crippen LogP contribution in [0.1, 0.15) is 12.5 Å².